The van der Waals surface area contributed by atoms with Crippen LogP contribution in [0.2, 0.25) is 0 Å². The molecule has 192 valence electrons. The average molecular weight is 481 g/mol. The second-order valence-electron chi connectivity index (χ2n) is 11.1. The highest BCUT2D eigenvalue weighted by atomic mass is 32.2. The molecule has 0 radical (unpaired) electrons. The van der Waals surface area contributed by atoms with E-state index in [1.807, 2.05) is 11.8 Å². The van der Waals surface area contributed by atoms with E-state index in [9.17, 15) is 14.7 Å². The van der Waals surface area contributed by atoms with Crippen LogP contribution in [0, 0.1) is 23.2 Å². The Kier molecular flexibility index (Phi) is 16.2. The van der Waals surface area contributed by atoms with E-state index < -0.39 is 5.97 Å². The summed E-state index contributed by atoms with van der Waals surface area (Å²) in [5.74, 6) is 2.67. The molecule has 1 N–H and O–H groups in total. The third-order valence-corrected chi connectivity index (χ3v) is 8.51. The summed E-state index contributed by atoms with van der Waals surface area (Å²) < 4.78 is 0. The first-order valence-corrected chi connectivity index (χ1v) is 14.8. The van der Waals surface area contributed by atoms with E-state index in [2.05, 4.69) is 32.3 Å². The van der Waals surface area contributed by atoms with Crippen LogP contribution < -0.4 is 0 Å². The maximum Gasteiger partial charge on any atom is 0.303 e. The molecule has 1 aliphatic rings. The normalized spacial score (nSPS) is 23.4. The standard InChI is InChI=1S/C29H52O3S/c1-24(2)27-18-17-25(3)22-29(27,23-28(31)32)19-13-9-7-5-6-8-10-14-20-33-21-15-11-12-16-26(4)30/h14,20,24-25,27H,5-13,15-19,21-23H2,1-4H3,(H,31,32)/b20-14-. The monoisotopic (exact) mass is 480 g/mol. The van der Waals surface area contributed by atoms with Gasteiger partial charge in [-0.25, -0.2) is 0 Å². The molecule has 33 heavy (non-hydrogen) atoms. The third kappa shape index (κ3) is 13.6. The summed E-state index contributed by atoms with van der Waals surface area (Å²) >= 11 is 1.90. The van der Waals surface area contributed by atoms with Crippen LogP contribution in [0.1, 0.15) is 130 Å². The number of Topliss-reactive ketones (excluding diaryl/α,β-unsaturated/α-hetero) is 1. The fourth-order valence-electron chi connectivity index (χ4n) is 6.03. The SMILES string of the molecule is CC(=O)CCCCCS/C=C\CCCCCCCCC1(CC(=O)O)CC(C)CCC1C(C)C. The van der Waals surface area contributed by atoms with Gasteiger partial charge in [0.05, 0.1) is 6.42 Å². The van der Waals surface area contributed by atoms with Crippen LogP contribution in [-0.4, -0.2) is 22.6 Å². The van der Waals surface area contributed by atoms with Crippen molar-refractivity contribution in [1.29, 1.82) is 0 Å². The van der Waals surface area contributed by atoms with E-state index in [0.29, 0.717) is 30.0 Å². The summed E-state index contributed by atoms with van der Waals surface area (Å²) in [6.45, 7) is 8.58. The number of hydrogen-bond acceptors (Lipinski definition) is 3. The van der Waals surface area contributed by atoms with Crippen LogP contribution >= 0.6 is 11.8 Å². The molecule has 0 heterocycles. The number of ketones is 1. The number of carboxylic acids is 1. The molecular formula is C29H52O3S. The van der Waals surface area contributed by atoms with Gasteiger partial charge in [-0.15, -0.1) is 11.8 Å². The Morgan fingerprint density at radius 3 is 2.33 bits per heavy atom. The molecule has 0 aromatic heterocycles. The highest BCUT2D eigenvalue weighted by molar-refractivity contribution is 8.02. The van der Waals surface area contributed by atoms with E-state index in [1.165, 1.54) is 64.2 Å². The lowest BCUT2D eigenvalue weighted by atomic mass is 9.56. The molecule has 0 aromatic carbocycles. The summed E-state index contributed by atoms with van der Waals surface area (Å²) in [5.41, 5.74) is 0.0214. The van der Waals surface area contributed by atoms with Crippen molar-refractivity contribution in [2.45, 2.75) is 130 Å². The van der Waals surface area contributed by atoms with Gasteiger partial charge in [0.25, 0.3) is 0 Å². The molecule has 0 aliphatic heterocycles. The molecule has 3 unspecified atom stereocenters. The highest BCUT2D eigenvalue weighted by Crippen LogP contribution is 2.52. The summed E-state index contributed by atoms with van der Waals surface area (Å²) in [5, 5.41) is 11.9. The number of rotatable bonds is 19. The Hall–Kier alpha value is -0.770. The van der Waals surface area contributed by atoms with Gasteiger partial charge in [0.1, 0.15) is 5.78 Å². The van der Waals surface area contributed by atoms with Crippen molar-refractivity contribution < 1.29 is 14.7 Å². The van der Waals surface area contributed by atoms with Gasteiger partial charge in [-0.3, -0.25) is 4.79 Å². The first kappa shape index (κ1) is 30.3. The second kappa shape index (κ2) is 17.6. The summed E-state index contributed by atoms with van der Waals surface area (Å²) in [7, 11) is 0. The summed E-state index contributed by atoms with van der Waals surface area (Å²) in [6.07, 6.45) is 20.2. The van der Waals surface area contributed by atoms with Gasteiger partial charge < -0.3 is 9.90 Å². The van der Waals surface area contributed by atoms with Gasteiger partial charge in [0.2, 0.25) is 0 Å². The maximum atomic E-state index is 11.7. The smallest absolute Gasteiger partial charge is 0.303 e. The Labute approximate surface area is 209 Å². The first-order chi connectivity index (χ1) is 15.8. The van der Waals surface area contributed by atoms with E-state index in [-0.39, 0.29) is 5.41 Å². The fourth-order valence-corrected chi connectivity index (χ4v) is 6.80. The number of allylic oxidation sites excluding steroid dienone is 1. The second-order valence-corrected chi connectivity index (χ2v) is 12.1. The number of carbonyl (C=O) groups is 2. The molecule has 1 saturated carbocycles. The lowest BCUT2D eigenvalue weighted by Crippen LogP contribution is -2.41. The zero-order valence-corrected chi connectivity index (χ0v) is 22.9. The van der Waals surface area contributed by atoms with Crippen molar-refractivity contribution >= 4 is 23.5 Å². The van der Waals surface area contributed by atoms with Crippen molar-refractivity contribution in [3.05, 3.63) is 11.5 Å². The van der Waals surface area contributed by atoms with Gasteiger partial charge in [-0.1, -0.05) is 71.8 Å². The van der Waals surface area contributed by atoms with E-state index in [4.69, 9.17) is 0 Å². The topological polar surface area (TPSA) is 54.4 Å². The number of unbranched alkanes of at least 4 members (excludes halogenated alkanes) is 8. The van der Waals surface area contributed by atoms with E-state index in [0.717, 1.165) is 37.9 Å². The summed E-state index contributed by atoms with van der Waals surface area (Å²) in [4.78, 5) is 22.6. The lowest BCUT2D eigenvalue weighted by Gasteiger charge is -2.48. The first-order valence-electron chi connectivity index (χ1n) is 13.7. The molecule has 1 aliphatic carbocycles. The number of hydrogen-bond donors (Lipinski definition) is 1. The van der Waals surface area contributed by atoms with Crippen molar-refractivity contribution in [3.63, 3.8) is 0 Å². The molecule has 1 fully saturated rings. The van der Waals surface area contributed by atoms with E-state index in [1.54, 1.807) is 6.92 Å². The van der Waals surface area contributed by atoms with E-state index >= 15 is 0 Å². The Morgan fingerprint density at radius 1 is 1.00 bits per heavy atom. The Bertz CT molecular complexity index is 571. The van der Waals surface area contributed by atoms with Crippen molar-refractivity contribution in [3.8, 4) is 0 Å². The van der Waals surface area contributed by atoms with Crippen LogP contribution in [0.4, 0.5) is 0 Å². The molecule has 0 amide bonds. The van der Waals surface area contributed by atoms with Gasteiger partial charge in [0, 0.05) is 6.42 Å². The minimum absolute atomic E-state index is 0.0214. The van der Waals surface area contributed by atoms with Gasteiger partial charge in [-0.2, -0.15) is 0 Å². The van der Waals surface area contributed by atoms with Gasteiger partial charge >= 0.3 is 5.97 Å². The molecule has 4 heteroatoms. The molecule has 0 bridgehead atoms. The van der Waals surface area contributed by atoms with Crippen molar-refractivity contribution in [2.24, 2.45) is 23.2 Å². The predicted molar refractivity (Wildman–Crippen MR) is 144 cm³/mol. The van der Waals surface area contributed by atoms with Gasteiger partial charge in [0.15, 0.2) is 0 Å². The van der Waals surface area contributed by atoms with Crippen LogP contribution in [0.5, 0.6) is 0 Å². The molecule has 0 saturated heterocycles. The maximum absolute atomic E-state index is 11.7. The zero-order chi connectivity index (χ0) is 24.5. The Balaban J connectivity index is 2.14. The minimum atomic E-state index is -0.603. The molecular weight excluding hydrogens is 428 g/mol. The molecule has 0 aromatic rings. The number of thioether (sulfide) groups is 1. The predicted octanol–water partition coefficient (Wildman–Crippen LogP) is 9.06. The number of carboxylic acid groups (broad SMARTS) is 1. The molecule has 1 rings (SSSR count). The summed E-state index contributed by atoms with van der Waals surface area (Å²) in [6, 6.07) is 0. The highest BCUT2D eigenvalue weighted by Gasteiger charge is 2.44. The Morgan fingerprint density at radius 2 is 1.67 bits per heavy atom. The molecule has 0 spiro atoms. The zero-order valence-electron chi connectivity index (χ0n) is 22.1. The van der Waals surface area contributed by atoms with Crippen LogP contribution in [0.15, 0.2) is 11.5 Å². The van der Waals surface area contributed by atoms with Crippen LogP contribution in [0.25, 0.3) is 0 Å². The van der Waals surface area contributed by atoms with Crippen LogP contribution in [0.3, 0.4) is 0 Å². The molecule has 3 atom stereocenters. The number of aliphatic carboxylic acids is 1. The van der Waals surface area contributed by atoms with Crippen molar-refractivity contribution in [2.75, 3.05) is 5.75 Å². The molecule has 3 nitrogen and oxygen atoms in total. The minimum Gasteiger partial charge on any atom is -0.481 e. The third-order valence-electron chi connectivity index (χ3n) is 7.60. The fraction of sp³-hybridized carbons (Fsp3) is 0.862. The quantitative estimate of drug-likeness (QED) is 0.187. The van der Waals surface area contributed by atoms with Crippen LogP contribution in [-0.2, 0) is 9.59 Å². The van der Waals surface area contributed by atoms with Crippen molar-refractivity contribution in [1.82, 2.24) is 0 Å². The lowest BCUT2D eigenvalue weighted by molar-refractivity contribution is -0.143. The number of carbonyl (C=O) groups excluding carboxylic acids is 1. The average Bonchev–Trinajstić information content (AvgIpc) is 2.72. The largest absolute Gasteiger partial charge is 0.481 e. The van der Waals surface area contributed by atoms with Gasteiger partial charge in [-0.05, 0) is 86.2 Å².